The molecule has 0 N–H and O–H groups in total. The Hall–Kier alpha value is -0.620. The number of hydrogen-bond donors (Lipinski definition) is 0. The van der Waals surface area contributed by atoms with Crippen LogP contribution in [0, 0.1) is 0 Å². The van der Waals surface area contributed by atoms with Crippen LogP contribution < -0.4 is 0 Å². The average molecular weight is 304 g/mol. The van der Waals surface area contributed by atoms with Crippen molar-refractivity contribution < 1.29 is 13.2 Å². The van der Waals surface area contributed by atoms with Crippen LogP contribution in [0.15, 0.2) is 29.2 Å². The van der Waals surface area contributed by atoms with E-state index < -0.39 is 10.0 Å². The molecule has 1 atom stereocenters. The van der Waals surface area contributed by atoms with E-state index in [2.05, 4.69) is 0 Å². The molecule has 19 heavy (non-hydrogen) atoms. The minimum absolute atomic E-state index is 0.124. The Labute approximate surface area is 119 Å². The monoisotopic (exact) mass is 303 g/mol. The fraction of sp³-hybridized carbons (Fsp3) is 0.538. The second kappa shape index (κ2) is 6.22. The number of rotatable bonds is 4. The molecule has 1 fully saturated rings. The maximum Gasteiger partial charge on any atom is 0.243 e. The molecule has 0 bridgehead atoms. The molecular weight excluding hydrogens is 286 g/mol. The molecule has 0 aromatic heterocycles. The molecule has 0 saturated carbocycles. The van der Waals surface area contributed by atoms with Gasteiger partial charge in [0.2, 0.25) is 10.0 Å². The van der Waals surface area contributed by atoms with Crippen LogP contribution in [0.4, 0.5) is 0 Å². The SMILES string of the molecule is C[C@@H]1COCCN1S(=O)(=O)c1ccc(CCCl)cc1. The lowest BCUT2D eigenvalue weighted by Gasteiger charge is -2.32. The number of halogens is 1. The molecule has 0 amide bonds. The molecular formula is C13H18ClNO3S. The normalized spacial score (nSPS) is 21.5. The van der Waals surface area contributed by atoms with Gasteiger partial charge in [0, 0.05) is 18.5 Å². The number of hydrogen-bond acceptors (Lipinski definition) is 3. The Morgan fingerprint density at radius 2 is 2.05 bits per heavy atom. The van der Waals surface area contributed by atoms with Crippen molar-refractivity contribution in [2.24, 2.45) is 0 Å². The Morgan fingerprint density at radius 3 is 2.63 bits per heavy atom. The first-order valence-electron chi connectivity index (χ1n) is 6.30. The second-order valence-corrected chi connectivity index (χ2v) is 6.89. The summed E-state index contributed by atoms with van der Waals surface area (Å²) in [4.78, 5) is 0.333. The van der Waals surface area contributed by atoms with Gasteiger partial charge >= 0.3 is 0 Å². The van der Waals surface area contributed by atoms with Crippen molar-refractivity contribution in [1.82, 2.24) is 4.31 Å². The van der Waals surface area contributed by atoms with Crippen molar-refractivity contribution in [1.29, 1.82) is 0 Å². The Kier molecular flexibility index (Phi) is 4.84. The lowest BCUT2D eigenvalue weighted by atomic mass is 10.2. The average Bonchev–Trinajstić information content (AvgIpc) is 2.40. The molecule has 6 heteroatoms. The van der Waals surface area contributed by atoms with E-state index >= 15 is 0 Å². The van der Waals surface area contributed by atoms with E-state index in [1.807, 2.05) is 19.1 Å². The summed E-state index contributed by atoms with van der Waals surface area (Å²) >= 11 is 5.67. The van der Waals surface area contributed by atoms with Gasteiger partial charge in [0.25, 0.3) is 0 Å². The number of alkyl halides is 1. The molecule has 1 aromatic carbocycles. The van der Waals surface area contributed by atoms with Crippen LogP contribution >= 0.6 is 11.6 Å². The van der Waals surface area contributed by atoms with E-state index in [0.717, 1.165) is 12.0 Å². The lowest BCUT2D eigenvalue weighted by Crippen LogP contribution is -2.46. The number of benzene rings is 1. The Bertz CT molecular complexity index is 515. The summed E-state index contributed by atoms with van der Waals surface area (Å²) in [5.74, 6) is 0.534. The number of ether oxygens (including phenoxy) is 1. The summed E-state index contributed by atoms with van der Waals surface area (Å²) in [6.45, 7) is 3.17. The highest BCUT2D eigenvalue weighted by atomic mass is 35.5. The Balaban J connectivity index is 2.23. The van der Waals surface area contributed by atoms with Gasteiger partial charge in [0.05, 0.1) is 18.1 Å². The van der Waals surface area contributed by atoms with Gasteiger partial charge in [0.15, 0.2) is 0 Å². The number of nitrogens with zero attached hydrogens (tertiary/aromatic N) is 1. The smallest absolute Gasteiger partial charge is 0.243 e. The summed E-state index contributed by atoms with van der Waals surface area (Å²) in [6.07, 6.45) is 0.746. The first-order chi connectivity index (χ1) is 9.05. The predicted molar refractivity (Wildman–Crippen MR) is 75.0 cm³/mol. The summed E-state index contributed by atoms with van der Waals surface area (Å²) in [5, 5.41) is 0. The van der Waals surface area contributed by atoms with Crippen molar-refractivity contribution in [3.63, 3.8) is 0 Å². The fourth-order valence-corrected chi connectivity index (χ4v) is 3.96. The largest absolute Gasteiger partial charge is 0.378 e. The summed E-state index contributed by atoms with van der Waals surface area (Å²) < 4.78 is 31.8. The highest BCUT2D eigenvalue weighted by Gasteiger charge is 2.31. The standard InChI is InChI=1S/C13H18ClNO3S/c1-11-10-18-9-8-15(11)19(16,17)13-4-2-12(3-5-13)6-7-14/h2-5,11H,6-10H2,1H3/t11-/m1/s1. The summed E-state index contributed by atoms with van der Waals surface area (Å²) in [5.41, 5.74) is 1.05. The third-order valence-electron chi connectivity index (χ3n) is 3.22. The first-order valence-corrected chi connectivity index (χ1v) is 8.27. The molecule has 4 nitrogen and oxygen atoms in total. The maximum absolute atomic E-state index is 12.5. The number of morpholine rings is 1. The van der Waals surface area contributed by atoms with Gasteiger partial charge in [-0.05, 0) is 31.0 Å². The van der Waals surface area contributed by atoms with Crippen LogP contribution in [-0.4, -0.2) is 44.4 Å². The number of aryl methyl sites for hydroxylation is 1. The van der Waals surface area contributed by atoms with E-state index in [-0.39, 0.29) is 6.04 Å². The van der Waals surface area contributed by atoms with Crippen molar-refractivity contribution in [3.8, 4) is 0 Å². The first kappa shape index (κ1) is 14.8. The van der Waals surface area contributed by atoms with Crippen LogP contribution in [0.2, 0.25) is 0 Å². The molecule has 1 saturated heterocycles. The highest BCUT2D eigenvalue weighted by Crippen LogP contribution is 2.21. The summed E-state index contributed by atoms with van der Waals surface area (Å²) in [6, 6.07) is 6.82. The van der Waals surface area contributed by atoms with Gasteiger partial charge < -0.3 is 4.74 Å². The molecule has 1 aromatic rings. The zero-order valence-electron chi connectivity index (χ0n) is 10.9. The van der Waals surface area contributed by atoms with Gasteiger partial charge in [-0.3, -0.25) is 0 Å². The molecule has 1 aliphatic rings. The molecule has 0 spiro atoms. The van der Waals surface area contributed by atoms with Crippen molar-refractivity contribution >= 4 is 21.6 Å². The van der Waals surface area contributed by atoms with Gasteiger partial charge in [-0.15, -0.1) is 11.6 Å². The molecule has 2 rings (SSSR count). The van der Waals surface area contributed by atoms with E-state index in [4.69, 9.17) is 16.3 Å². The lowest BCUT2D eigenvalue weighted by molar-refractivity contribution is 0.0393. The third-order valence-corrected chi connectivity index (χ3v) is 5.44. The zero-order chi connectivity index (χ0) is 13.9. The molecule has 0 radical (unpaired) electrons. The third kappa shape index (κ3) is 3.28. The molecule has 1 aliphatic heterocycles. The minimum Gasteiger partial charge on any atom is -0.378 e. The van der Waals surface area contributed by atoms with Crippen molar-refractivity contribution in [2.75, 3.05) is 25.6 Å². The van der Waals surface area contributed by atoms with Gasteiger partial charge in [-0.1, -0.05) is 12.1 Å². The van der Waals surface area contributed by atoms with Gasteiger partial charge in [-0.25, -0.2) is 8.42 Å². The molecule has 0 aliphatic carbocycles. The fourth-order valence-electron chi connectivity index (χ4n) is 2.14. The van der Waals surface area contributed by atoms with Crippen LogP contribution in [0.5, 0.6) is 0 Å². The second-order valence-electron chi connectivity index (χ2n) is 4.62. The Morgan fingerprint density at radius 1 is 1.37 bits per heavy atom. The summed E-state index contributed by atoms with van der Waals surface area (Å²) in [7, 11) is -3.42. The predicted octanol–water partition coefficient (Wildman–Crippen LogP) is 1.88. The van der Waals surface area contributed by atoms with E-state index in [1.54, 1.807) is 12.1 Å². The van der Waals surface area contributed by atoms with Crippen LogP contribution in [0.1, 0.15) is 12.5 Å². The van der Waals surface area contributed by atoms with E-state index in [0.29, 0.717) is 30.5 Å². The van der Waals surface area contributed by atoms with E-state index in [9.17, 15) is 8.42 Å². The topological polar surface area (TPSA) is 46.6 Å². The molecule has 106 valence electrons. The van der Waals surface area contributed by atoms with Crippen LogP contribution in [0.3, 0.4) is 0 Å². The maximum atomic E-state index is 12.5. The van der Waals surface area contributed by atoms with Crippen LogP contribution in [-0.2, 0) is 21.2 Å². The van der Waals surface area contributed by atoms with Crippen LogP contribution in [0.25, 0.3) is 0 Å². The minimum atomic E-state index is -3.42. The van der Waals surface area contributed by atoms with Crippen molar-refractivity contribution in [3.05, 3.63) is 29.8 Å². The van der Waals surface area contributed by atoms with Crippen molar-refractivity contribution in [2.45, 2.75) is 24.3 Å². The molecule has 1 heterocycles. The zero-order valence-corrected chi connectivity index (χ0v) is 12.5. The van der Waals surface area contributed by atoms with Gasteiger partial charge in [0.1, 0.15) is 0 Å². The van der Waals surface area contributed by atoms with Gasteiger partial charge in [-0.2, -0.15) is 4.31 Å². The highest BCUT2D eigenvalue weighted by molar-refractivity contribution is 7.89. The van der Waals surface area contributed by atoms with E-state index in [1.165, 1.54) is 4.31 Å². The number of sulfonamides is 1. The molecule has 0 unspecified atom stereocenters. The quantitative estimate of drug-likeness (QED) is 0.798.